The van der Waals surface area contributed by atoms with Gasteiger partial charge in [0.2, 0.25) is 10.0 Å². The Balaban J connectivity index is 2.97. The predicted octanol–water partition coefficient (Wildman–Crippen LogP) is 3.17. The monoisotopic (exact) mass is 407 g/mol. The standard InChI is InChI=1S/C17H23ClFNO5S/c1-12(19)11-15(16(21)25-17(2,3)4)20-26(22,23)14-7-5-13(6-8-14)24-10-9-18/h5-8,15,20H,1,9-11H2,2-4H3. The van der Waals surface area contributed by atoms with Gasteiger partial charge in [-0.25, -0.2) is 12.8 Å². The van der Waals surface area contributed by atoms with Crippen LogP contribution in [0.3, 0.4) is 0 Å². The van der Waals surface area contributed by atoms with E-state index in [1.165, 1.54) is 24.3 Å². The largest absolute Gasteiger partial charge is 0.492 e. The first-order valence-electron chi connectivity index (χ1n) is 7.82. The van der Waals surface area contributed by atoms with Crippen molar-refractivity contribution >= 4 is 27.6 Å². The van der Waals surface area contributed by atoms with E-state index in [4.69, 9.17) is 21.1 Å². The van der Waals surface area contributed by atoms with Gasteiger partial charge in [-0.3, -0.25) is 4.79 Å². The highest BCUT2D eigenvalue weighted by Crippen LogP contribution is 2.19. The molecule has 0 saturated carbocycles. The molecule has 1 N–H and O–H groups in total. The topological polar surface area (TPSA) is 81.7 Å². The summed E-state index contributed by atoms with van der Waals surface area (Å²) in [5.74, 6) is -0.979. The van der Waals surface area contributed by atoms with Gasteiger partial charge in [0.15, 0.2) is 0 Å². The molecule has 1 unspecified atom stereocenters. The van der Waals surface area contributed by atoms with Crippen LogP contribution in [0.4, 0.5) is 4.39 Å². The molecule has 0 amide bonds. The second-order valence-electron chi connectivity index (χ2n) is 6.44. The number of ether oxygens (including phenoxy) is 2. The molecule has 0 fully saturated rings. The van der Waals surface area contributed by atoms with Gasteiger partial charge in [0.1, 0.15) is 24.0 Å². The fourth-order valence-corrected chi connectivity index (χ4v) is 3.16. The number of carbonyl (C=O) groups is 1. The molecule has 1 rings (SSSR count). The predicted molar refractivity (Wildman–Crippen MR) is 97.5 cm³/mol. The normalized spacial score (nSPS) is 13.1. The number of halogens is 2. The highest BCUT2D eigenvalue weighted by Gasteiger charge is 2.30. The zero-order valence-corrected chi connectivity index (χ0v) is 16.5. The summed E-state index contributed by atoms with van der Waals surface area (Å²) in [6.45, 7) is 8.24. The van der Waals surface area contributed by atoms with Crippen LogP contribution in [0.25, 0.3) is 0 Å². The Bertz CT molecular complexity index is 729. The first-order chi connectivity index (χ1) is 11.9. The minimum Gasteiger partial charge on any atom is -0.492 e. The third-order valence-electron chi connectivity index (χ3n) is 2.89. The molecule has 146 valence electrons. The van der Waals surface area contributed by atoms with Gasteiger partial charge in [-0.2, -0.15) is 4.72 Å². The number of hydrogen-bond acceptors (Lipinski definition) is 5. The lowest BCUT2D eigenvalue weighted by atomic mass is 10.1. The van der Waals surface area contributed by atoms with E-state index in [9.17, 15) is 17.6 Å². The van der Waals surface area contributed by atoms with Gasteiger partial charge in [0.05, 0.1) is 16.6 Å². The Morgan fingerprint density at radius 3 is 2.35 bits per heavy atom. The summed E-state index contributed by atoms with van der Waals surface area (Å²) in [4.78, 5) is 12.1. The van der Waals surface area contributed by atoms with Crippen molar-refractivity contribution in [3.63, 3.8) is 0 Å². The van der Waals surface area contributed by atoms with Gasteiger partial charge in [-0.1, -0.05) is 6.58 Å². The smallest absolute Gasteiger partial charge is 0.325 e. The second kappa shape index (κ2) is 9.34. The number of hydrogen-bond donors (Lipinski definition) is 1. The summed E-state index contributed by atoms with van der Waals surface area (Å²) < 4.78 is 50.8. The Kier molecular flexibility index (Phi) is 8.05. The summed E-state index contributed by atoms with van der Waals surface area (Å²) in [7, 11) is -4.08. The molecule has 26 heavy (non-hydrogen) atoms. The van der Waals surface area contributed by atoms with E-state index in [0.29, 0.717) is 11.6 Å². The summed E-state index contributed by atoms with van der Waals surface area (Å²) in [5.41, 5.74) is -0.847. The number of nitrogens with one attached hydrogen (secondary N) is 1. The summed E-state index contributed by atoms with van der Waals surface area (Å²) >= 11 is 5.52. The van der Waals surface area contributed by atoms with Crippen LogP contribution in [-0.2, 0) is 19.6 Å². The van der Waals surface area contributed by atoms with Crippen molar-refractivity contribution in [2.75, 3.05) is 12.5 Å². The molecule has 1 aromatic carbocycles. The maximum atomic E-state index is 13.2. The lowest BCUT2D eigenvalue weighted by Gasteiger charge is -2.24. The minimum atomic E-state index is -4.08. The van der Waals surface area contributed by atoms with Crippen LogP contribution in [0, 0.1) is 0 Å². The van der Waals surface area contributed by atoms with Crippen LogP contribution in [0.15, 0.2) is 41.6 Å². The van der Waals surface area contributed by atoms with Crippen LogP contribution >= 0.6 is 11.6 Å². The quantitative estimate of drug-likeness (QED) is 0.502. The zero-order valence-electron chi connectivity index (χ0n) is 14.9. The Labute approximate surface area is 158 Å². The van der Waals surface area contributed by atoms with Crippen molar-refractivity contribution in [2.45, 2.75) is 43.7 Å². The molecule has 6 nitrogen and oxygen atoms in total. The average Bonchev–Trinajstić information content (AvgIpc) is 2.50. The molecular formula is C17H23ClFNO5S. The van der Waals surface area contributed by atoms with Crippen molar-refractivity contribution in [1.29, 1.82) is 0 Å². The van der Waals surface area contributed by atoms with Crippen molar-refractivity contribution < 1.29 is 27.1 Å². The molecular weight excluding hydrogens is 385 g/mol. The van der Waals surface area contributed by atoms with Crippen LogP contribution in [0.2, 0.25) is 0 Å². The highest BCUT2D eigenvalue weighted by atomic mass is 35.5. The van der Waals surface area contributed by atoms with Gasteiger partial charge in [-0.15, -0.1) is 11.6 Å². The molecule has 0 saturated heterocycles. The summed E-state index contributed by atoms with van der Waals surface area (Å²) in [5, 5.41) is 0. The molecule has 0 aliphatic heterocycles. The molecule has 0 aliphatic rings. The first-order valence-corrected chi connectivity index (χ1v) is 9.83. The Morgan fingerprint density at radius 2 is 1.88 bits per heavy atom. The van der Waals surface area contributed by atoms with E-state index in [2.05, 4.69) is 11.3 Å². The van der Waals surface area contributed by atoms with E-state index in [1.807, 2.05) is 0 Å². The molecule has 0 aromatic heterocycles. The lowest BCUT2D eigenvalue weighted by molar-refractivity contribution is -0.157. The third-order valence-corrected chi connectivity index (χ3v) is 4.54. The average molecular weight is 408 g/mol. The maximum Gasteiger partial charge on any atom is 0.325 e. The zero-order chi connectivity index (χ0) is 20.0. The molecule has 0 bridgehead atoms. The fraction of sp³-hybridized carbons (Fsp3) is 0.471. The van der Waals surface area contributed by atoms with E-state index < -0.39 is 39.9 Å². The van der Waals surface area contributed by atoms with Gasteiger partial charge in [-0.05, 0) is 45.0 Å². The van der Waals surface area contributed by atoms with Gasteiger partial charge in [0.25, 0.3) is 0 Å². The molecule has 9 heteroatoms. The van der Waals surface area contributed by atoms with Gasteiger partial charge in [0, 0.05) is 6.42 Å². The summed E-state index contributed by atoms with van der Waals surface area (Å²) in [6.07, 6.45) is -0.523. The molecule has 0 spiro atoms. The number of carbonyl (C=O) groups excluding carboxylic acids is 1. The van der Waals surface area contributed by atoms with Gasteiger partial charge >= 0.3 is 5.97 Å². The second-order valence-corrected chi connectivity index (χ2v) is 8.53. The first kappa shape index (κ1) is 22.4. The molecule has 1 aromatic rings. The Morgan fingerprint density at radius 1 is 1.31 bits per heavy atom. The number of rotatable bonds is 9. The van der Waals surface area contributed by atoms with Crippen LogP contribution in [0.1, 0.15) is 27.2 Å². The summed E-state index contributed by atoms with van der Waals surface area (Å²) in [6, 6.07) is 4.10. The van der Waals surface area contributed by atoms with Crippen molar-refractivity contribution in [3.05, 3.63) is 36.7 Å². The van der Waals surface area contributed by atoms with Crippen LogP contribution < -0.4 is 9.46 Å². The number of esters is 1. The van der Waals surface area contributed by atoms with Gasteiger partial charge < -0.3 is 9.47 Å². The third kappa shape index (κ3) is 7.72. The number of sulfonamides is 1. The van der Waals surface area contributed by atoms with E-state index in [-0.39, 0.29) is 11.5 Å². The molecule has 0 heterocycles. The Hall–Kier alpha value is -1.64. The fourth-order valence-electron chi connectivity index (χ4n) is 1.89. The van der Waals surface area contributed by atoms with E-state index in [0.717, 1.165) is 0 Å². The van der Waals surface area contributed by atoms with Crippen molar-refractivity contribution in [1.82, 2.24) is 4.72 Å². The number of alkyl halides is 1. The van der Waals surface area contributed by atoms with Crippen LogP contribution in [-0.4, -0.2) is 38.5 Å². The van der Waals surface area contributed by atoms with Crippen molar-refractivity contribution in [2.24, 2.45) is 0 Å². The van der Waals surface area contributed by atoms with E-state index >= 15 is 0 Å². The minimum absolute atomic E-state index is 0.103. The molecule has 0 aliphatic carbocycles. The SMILES string of the molecule is C=C(F)CC(NS(=O)(=O)c1ccc(OCCCl)cc1)C(=O)OC(C)(C)C. The highest BCUT2D eigenvalue weighted by molar-refractivity contribution is 7.89. The lowest BCUT2D eigenvalue weighted by Crippen LogP contribution is -2.44. The number of benzene rings is 1. The molecule has 0 radical (unpaired) electrons. The van der Waals surface area contributed by atoms with Crippen LogP contribution in [0.5, 0.6) is 5.75 Å². The molecule has 1 atom stereocenters. The maximum absolute atomic E-state index is 13.2. The van der Waals surface area contributed by atoms with Crippen molar-refractivity contribution in [3.8, 4) is 5.75 Å². The van der Waals surface area contributed by atoms with E-state index in [1.54, 1.807) is 20.8 Å².